The molecule has 2 unspecified atom stereocenters. The maximum absolute atomic E-state index is 13.5. The predicted molar refractivity (Wildman–Crippen MR) is 236 cm³/mol. The molecule has 0 N–H and O–H groups in total. The van der Waals surface area contributed by atoms with Gasteiger partial charge in [-0.25, -0.2) is 0 Å². The van der Waals surface area contributed by atoms with Crippen molar-refractivity contribution in [2.24, 2.45) is 0 Å². The third-order valence-electron chi connectivity index (χ3n) is 11.4. The van der Waals surface area contributed by atoms with Crippen molar-refractivity contribution in [3.63, 3.8) is 0 Å². The molecule has 12 nitrogen and oxygen atoms in total. The summed E-state index contributed by atoms with van der Waals surface area (Å²) in [6, 6.07) is 0. The summed E-state index contributed by atoms with van der Waals surface area (Å²) in [5.41, 5.74) is -1.68. The Morgan fingerprint density at radius 3 is 1.56 bits per heavy atom. The standard InChI is InChI=1S/C46H90N2O10P/c1-8-10-12-14-16-18-20-21-22-24-26-28-30-33-43(49)54-39-42(40-57-59(52,53)56-38-37-48(5,6)7)58-44(50)34-32-36-46(47(51)45(3,4)41-55-46)35-31-29-27-25-23-19-17-15-13-11-9-2/h42H,8-41H2,1-7H3. The normalized spacial score (nSPS) is 18.5. The van der Waals surface area contributed by atoms with E-state index >= 15 is 0 Å². The van der Waals surface area contributed by atoms with E-state index in [0.717, 1.165) is 43.6 Å². The first-order chi connectivity index (χ1) is 28.1. The fourth-order valence-corrected chi connectivity index (χ4v) is 8.30. The number of hydrogen-bond donors (Lipinski definition) is 0. The van der Waals surface area contributed by atoms with Gasteiger partial charge in [0, 0.05) is 23.3 Å². The molecule has 1 heterocycles. The van der Waals surface area contributed by atoms with Crippen LogP contribution < -0.4 is 4.89 Å². The first kappa shape index (κ1) is 56.1. The zero-order valence-electron chi connectivity index (χ0n) is 39.0. The molecule has 1 aliphatic rings. The molecule has 1 aliphatic heterocycles. The molecule has 1 fully saturated rings. The number of quaternary nitrogens is 1. The van der Waals surface area contributed by atoms with Crippen molar-refractivity contribution in [2.45, 2.75) is 231 Å². The largest absolute Gasteiger partial charge is 0.783 e. The molecular formula is C46H90N2O10P. The molecule has 59 heavy (non-hydrogen) atoms. The summed E-state index contributed by atoms with van der Waals surface area (Å²) < 4.78 is 27.9. The molecule has 1 saturated heterocycles. The van der Waals surface area contributed by atoms with Gasteiger partial charge in [0.25, 0.3) is 0 Å². The minimum Gasteiger partial charge on any atom is -0.783 e. The maximum Gasteiger partial charge on any atom is 0.426 e. The van der Waals surface area contributed by atoms with Gasteiger partial charge in [0.05, 0.1) is 27.7 Å². The Hall–Kier alpha value is -0.950. The Kier molecular flexibility index (Phi) is 31.1. The number of esters is 2. The van der Waals surface area contributed by atoms with Crippen LogP contribution in [0.4, 0.5) is 0 Å². The second kappa shape index (κ2) is 32.7. The maximum atomic E-state index is 13.5. The minimum absolute atomic E-state index is 0.0178. The van der Waals surface area contributed by atoms with Crippen LogP contribution in [0.2, 0.25) is 0 Å². The van der Waals surface area contributed by atoms with Crippen molar-refractivity contribution in [1.29, 1.82) is 0 Å². The van der Waals surface area contributed by atoms with E-state index in [1.54, 1.807) is 0 Å². The fraction of sp³-hybridized carbons (Fsp3) is 0.957. The Balaban J connectivity index is 2.60. The van der Waals surface area contributed by atoms with Gasteiger partial charge in [-0.2, -0.15) is 9.05 Å². The summed E-state index contributed by atoms with van der Waals surface area (Å²) in [6.07, 6.45) is 29.3. The zero-order chi connectivity index (χ0) is 43.9. The van der Waals surface area contributed by atoms with Crippen LogP contribution in [-0.2, 0) is 37.7 Å². The van der Waals surface area contributed by atoms with Crippen molar-refractivity contribution < 1.29 is 47.1 Å². The van der Waals surface area contributed by atoms with Crippen molar-refractivity contribution in [2.75, 3.05) is 54.1 Å². The van der Waals surface area contributed by atoms with E-state index in [1.807, 2.05) is 35.0 Å². The van der Waals surface area contributed by atoms with Crippen LogP contribution in [-0.4, -0.2) is 93.0 Å². The van der Waals surface area contributed by atoms with E-state index in [4.69, 9.17) is 23.3 Å². The third kappa shape index (κ3) is 29.1. The lowest BCUT2D eigenvalue weighted by Gasteiger charge is -2.48. The molecule has 0 aromatic carbocycles. The highest BCUT2D eigenvalue weighted by Gasteiger charge is 2.45. The van der Waals surface area contributed by atoms with E-state index in [1.165, 1.54) is 109 Å². The lowest BCUT2D eigenvalue weighted by atomic mass is 9.95. The molecule has 2 atom stereocenters. The molecule has 0 aliphatic carbocycles. The molecule has 1 rings (SSSR count). The van der Waals surface area contributed by atoms with Crippen LogP contribution in [0.5, 0.6) is 0 Å². The summed E-state index contributed by atoms with van der Waals surface area (Å²) in [4.78, 5) is 50.8. The van der Waals surface area contributed by atoms with E-state index in [-0.39, 0.29) is 26.1 Å². The Morgan fingerprint density at radius 2 is 1.10 bits per heavy atom. The first-order valence-electron chi connectivity index (χ1n) is 23.9. The molecule has 0 amide bonds. The second-order valence-corrected chi connectivity index (χ2v) is 20.3. The van der Waals surface area contributed by atoms with Crippen LogP contribution in [0, 0.1) is 5.21 Å². The van der Waals surface area contributed by atoms with Crippen LogP contribution in [0.15, 0.2) is 0 Å². The van der Waals surface area contributed by atoms with Gasteiger partial charge in [0.1, 0.15) is 32.1 Å². The summed E-state index contributed by atoms with van der Waals surface area (Å²) in [5.74, 6) is -1.03. The smallest absolute Gasteiger partial charge is 0.426 e. The Labute approximate surface area is 362 Å². The SMILES string of the molecule is CCCCCCCCCCCCCCCC(=O)OCC(CO[P+]([O])([O-])OCC[N+](C)(C)C)OC(=O)CCCC1(CCCCCCCCCCCCC)OCC(C)(C)N1[O-]. The quantitative estimate of drug-likeness (QED) is 0.0252. The van der Waals surface area contributed by atoms with Crippen LogP contribution in [0.3, 0.4) is 0 Å². The van der Waals surface area contributed by atoms with Gasteiger partial charge in [-0.1, -0.05) is 155 Å². The van der Waals surface area contributed by atoms with Crippen LogP contribution >= 0.6 is 8.17 Å². The number of likely N-dealkylation sites (N-methyl/N-ethyl adjacent to an activating group) is 1. The first-order valence-corrected chi connectivity index (χ1v) is 25.4. The number of unbranched alkanes of at least 4 members (excludes halogenated alkanes) is 22. The van der Waals surface area contributed by atoms with Gasteiger partial charge in [-0.05, 0) is 46.0 Å². The lowest BCUT2D eigenvalue weighted by Crippen LogP contribution is -2.48. The zero-order valence-corrected chi connectivity index (χ0v) is 39.9. The number of ether oxygens (including phenoxy) is 3. The topological polar surface area (TPSA) is 150 Å². The molecule has 0 saturated carbocycles. The van der Waals surface area contributed by atoms with Crippen molar-refractivity contribution in [3.05, 3.63) is 5.21 Å². The van der Waals surface area contributed by atoms with Gasteiger partial charge in [0.2, 0.25) is 0 Å². The molecular weight excluding hydrogens is 771 g/mol. The Morgan fingerprint density at radius 1 is 0.661 bits per heavy atom. The Bertz CT molecular complexity index is 1060. The molecule has 0 bridgehead atoms. The summed E-state index contributed by atoms with van der Waals surface area (Å²) in [5, 5.41) is 14.6. The third-order valence-corrected chi connectivity index (χ3v) is 12.3. The van der Waals surface area contributed by atoms with Gasteiger partial charge < -0.3 is 33.9 Å². The van der Waals surface area contributed by atoms with Gasteiger partial charge in [0.15, 0.2) is 6.10 Å². The highest BCUT2D eigenvalue weighted by Crippen LogP contribution is 2.49. The van der Waals surface area contributed by atoms with E-state index in [0.29, 0.717) is 43.3 Å². The van der Waals surface area contributed by atoms with E-state index < -0.39 is 44.1 Å². The molecule has 349 valence electrons. The van der Waals surface area contributed by atoms with Gasteiger partial charge in [-0.3, -0.25) is 9.59 Å². The highest BCUT2D eigenvalue weighted by atomic mass is 31.2. The van der Waals surface area contributed by atoms with Crippen LogP contribution in [0.1, 0.15) is 214 Å². The second-order valence-electron chi connectivity index (χ2n) is 18.9. The monoisotopic (exact) mass is 862 g/mol. The van der Waals surface area contributed by atoms with E-state index in [9.17, 15) is 24.6 Å². The highest BCUT2D eigenvalue weighted by molar-refractivity contribution is 7.52. The fourth-order valence-electron chi connectivity index (χ4n) is 7.57. The van der Waals surface area contributed by atoms with Crippen LogP contribution in [0.25, 0.3) is 0 Å². The summed E-state index contributed by atoms with van der Waals surface area (Å²) in [7, 11) is 1.03. The molecule has 0 aromatic heterocycles. The minimum atomic E-state index is -4.71. The van der Waals surface area contributed by atoms with E-state index in [2.05, 4.69) is 13.8 Å². The van der Waals surface area contributed by atoms with Gasteiger partial charge >= 0.3 is 20.1 Å². The number of carbonyl (C=O) groups excluding carboxylic acids is 2. The molecule has 0 aromatic rings. The molecule has 0 spiro atoms. The van der Waals surface area contributed by atoms with Crippen molar-refractivity contribution in [3.8, 4) is 0 Å². The number of hydrogen-bond acceptors (Lipinski definition) is 10. The summed E-state index contributed by atoms with van der Waals surface area (Å²) >= 11 is 0. The van der Waals surface area contributed by atoms with Crippen molar-refractivity contribution >= 4 is 20.1 Å². The van der Waals surface area contributed by atoms with Crippen molar-refractivity contribution in [1.82, 2.24) is 5.06 Å². The number of nitrogens with zero attached hydrogens (tertiary/aromatic N) is 2. The lowest BCUT2D eigenvalue weighted by molar-refractivity contribution is -0.870. The number of hydroxylamine groups is 2. The summed E-state index contributed by atoms with van der Waals surface area (Å²) in [6.45, 7) is 8.04. The predicted octanol–water partition coefficient (Wildman–Crippen LogP) is 11.3. The molecule has 13 heteroatoms. The average molecular weight is 862 g/mol. The van der Waals surface area contributed by atoms with Gasteiger partial charge in [-0.15, -0.1) is 0 Å². The molecule has 1 radical (unpaired) electrons. The number of carbonyl (C=O) groups is 2. The number of rotatable bonds is 40. The average Bonchev–Trinajstić information content (AvgIpc) is 3.39.